The van der Waals surface area contributed by atoms with Gasteiger partial charge in [0, 0.05) is 17.8 Å². The van der Waals surface area contributed by atoms with Crippen molar-refractivity contribution >= 4 is 21.5 Å². The number of sulfone groups is 1. The van der Waals surface area contributed by atoms with Crippen molar-refractivity contribution in [2.75, 3.05) is 37.8 Å². The topological polar surface area (TPSA) is 113 Å². The number of methoxy groups -OCH3 is 1. The van der Waals surface area contributed by atoms with Gasteiger partial charge in [-0.25, -0.2) is 22.9 Å². The predicted octanol–water partition coefficient (Wildman–Crippen LogP) is 4.39. The molecule has 3 aromatic rings. The first-order chi connectivity index (χ1) is 16.7. The monoisotopic (exact) mass is 504 g/mol. The van der Waals surface area contributed by atoms with Crippen molar-refractivity contribution in [3.63, 3.8) is 0 Å². The number of pyridine rings is 1. The second kappa shape index (κ2) is 11.6. The number of halogens is 1. The molecule has 0 radical (unpaired) electrons. The van der Waals surface area contributed by atoms with Gasteiger partial charge < -0.3 is 15.0 Å². The van der Waals surface area contributed by atoms with Gasteiger partial charge in [0.05, 0.1) is 18.6 Å². The molecule has 0 unspecified atom stereocenters. The Labute approximate surface area is 206 Å². The predicted molar refractivity (Wildman–Crippen MR) is 134 cm³/mol. The summed E-state index contributed by atoms with van der Waals surface area (Å²) in [6, 6.07) is 6.30. The summed E-state index contributed by atoms with van der Waals surface area (Å²) in [6.45, 7) is 10.4. The third-order valence-corrected chi connectivity index (χ3v) is 7.39. The number of rotatable bonds is 12. The number of ether oxygens (including phenoxy) is 1. The van der Waals surface area contributed by atoms with E-state index in [0.29, 0.717) is 41.2 Å². The third-order valence-electron chi connectivity index (χ3n) is 5.79. The van der Waals surface area contributed by atoms with Gasteiger partial charge in [-0.15, -0.1) is 5.10 Å². The number of hydrogen-bond acceptors (Lipinski definition) is 8. The minimum Gasteiger partial charge on any atom is -0.481 e. The lowest BCUT2D eigenvalue weighted by molar-refractivity contribution is 0.305. The minimum atomic E-state index is -3.63. The molecule has 2 aromatic heterocycles. The number of aromatic nitrogens is 4. The van der Waals surface area contributed by atoms with E-state index in [0.717, 1.165) is 13.1 Å². The molecule has 0 aliphatic heterocycles. The largest absolute Gasteiger partial charge is 0.481 e. The Balaban J connectivity index is 1.92. The maximum atomic E-state index is 14.6. The molecule has 0 bridgehead atoms. The van der Waals surface area contributed by atoms with E-state index < -0.39 is 15.7 Å². The first kappa shape index (κ1) is 26.6. The zero-order valence-corrected chi connectivity index (χ0v) is 21.6. The lowest BCUT2D eigenvalue weighted by atomic mass is 9.94. The van der Waals surface area contributed by atoms with Gasteiger partial charge in [-0.1, -0.05) is 27.7 Å². The van der Waals surface area contributed by atoms with E-state index in [2.05, 4.69) is 30.4 Å². The fraction of sp³-hybridized carbons (Fsp3) is 0.458. The first-order valence-electron chi connectivity index (χ1n) is 11.7. The molecule has 0 saturated carbocycles. The summed E-state index contributed by atoms with van der Waals surface area (Å²) in [5.41, 5.74) is 2.52. The van der Waals surface area contributed by atoms with Crippen LogP contribution >= 0.6 is 0 Å². The van der Waals surface area contributed by atoms with Gasteiger partial charge >= 0.3 is 0 Å². The van der Waals surface area contributed by atoms with E-state index in [9.17, 15) is 12.8 Å². The molecule has 11 heteroatoms. The molecule has 2 heterocycles. The molecule has 0 fully saturated rings. The van der Waals surface area contributed by atoms with Crippen molar-refractivity contribution in [1.82, 2.24) is 25.1 Å². The summed E-state index contributed by atoms with van der Waals surface area (Å²) in [6.07, 6.45) is 2.07. The van der Waals surface area contributed by atoms with Crippen LogP contribution in [0.2, 0.25) is 0 Å². The maximum Gasteiger partial charge on any atom is 0.247 e. The van der Waals surface area contributed by atoms with Gasteiger partial charge in [-0.05, 0) is 61.3 Å². The lowest BCUT2D eigenvalue weighted by Crippen LogP contribution is -2.25. The molecule has 0 atom stereocenters. The zero-order chi connectivity index (χ0) is 25.6. The summed E-state index contributed by atoms with van der Waals surface area (Å²) in [5, 5.41) is 9.54. The van der Waals surface area contributed by atoms with Crippen LogP contribution in [0.5, 0.6) is 5.88 Å². The molecule has 3 rings (SSSR count). The Bertz CT molecular complexity index is 1240. The smallest absolute Gasteiger partial charge is 0.247 e. The van der Waals surface area contributed by atoms with Crippen molar-refractivity contribution in [3.05, 3.63) is 41.8 Å². The van der Waals surface area contributed by atoms with Gasteiger partial charge in [0.1, 0.15) is 5.82 Å². The van der Waals surface area contributed by atoms with Crippen LogP contribution in [0.4, 0.5) is 16.0 Å². The molecule has 0 amide bonds. The fourth-order valence-electron chi connectivity index (χ4n) is 3.81. The summed E-state index contributed by atoms with van der Waals surface area (Å²) in [4.78, 5) is 10.5. The second-order valence-electron chi connectivity index (χ2n) is 8.45. The van der Waals surface area contributed by atoms with Crippen molar-refractivity contribution in [1.29, 1.82) is 0 Å². The number of H-pyrrole nitrogens is 1. The number of benzene rings is 1. The average Bonchev–Trinajstić information content (AvgIpc) is 3.32. The van der Waals surface area contributed by atoms with Crippen molar-refractivity contribution in [3.8, 4) is 17.0 Å². The van der Waals surface area contributed by atoms with Crippen LogP contribution in [-0.2, 0) is 9.84 Å². The zero-order valence-electron chi connectivity index (χ0n) is 20.8. The van der Waals surface area contributed by atoms with Crippen LogP contribution < -0.4 is 10.1 Å². The standard InChI is InChI=1S/C24H33FN6O3S/c1-6-31(7-2)11-8-12-35(32,33)24-28-23(29-30-24)27-22-19(16(3)4)14-18(25)15-20(22)17-9-10-26-21(13-17)34-5/h9-10,13-16H,6-8,11-12H2,1-5H3,(H2,27,28,29,30). The van der Waals surface area contributed by atoms with E-state index in [1.807, 2.05) is 27.7 Å². The normalized spacial score (nSPS) is 11.9. The molecule has 0 aliphatic rings. The van der Waals surface area contributed by atoms with Crippen molar-refractivity contribution in [2.24, 2.45) is 0 Å². The average molecular weight is 505 g/mol. The van der Waals surface area contributed by atoms with Crippen molar-refractivity contribution < 1.29 is 17.5 Å². The highest BCUT2D eigenvalue weighted by molar-refractivity contribution is 7.91. The summed E-state index contributed by atoms with van der Waals surface area (Å²) in [7, 11) is -2.12. The van der Waals surface area contributed by atoms with Gasteiger partial charge in [0.15, 0.2) is 0 Å². The van der Waals surface area contributed by atoms with Gasteiger partial charge in [0.2, 0.25) is 26.8 Å². The van der Waals surface area contributed by atoms with E-state index in [1.165, 1.54) is 19.2 Å². The summed E-state index contributed by atoms with van der Waals surface area (Å²) < 4.78 is 45.4. The summed E-state index contributed by atoms with van der Waals surface area (Å²) in [5.74, 6) is 0.0193. The Kier molecular flexibility index (Phi) is 8.79. The summed E-state index contributed by atoms with van der Waals surface area (Å²) >= 11 is 0. The molecule has 190 valence electrons. The molecule has 9 nitrogen and oxygen atoms in total. The Morgan fingerprint density at radius 2 is 1.94 bits per heavy atom. The Morgan fingerprint density at radius 1 is 1.20 bits per heavy atom. The van der Waals surface area contributed by atoms with E-state index in [1.54, 1.807) is 18.3 Å². The molecular weight excluding hydrogens is 471 g/mol. The number of hydrogen-bond donors (Lipinski definition) is 2. The molecule has 2 N–H and O–H groups in total. The van der Waals surface area contributed by atoms with Crippen LogP contribution in [0.3, 0.4) is 0 Å². The highest BCUT2D eigenvalue weighted by Gasteiger charge is 2.22. The van der Waals surface area contributed by atoms with Crippen LogP contribution in [0, 0.1) is 5.82 Å². The highest BCUT2D eigenvalue weighted by atomic mass is 32.2. The van der Waals surface area contributed by atoms with Gasteiger partial charge in [-0.2, -0.15) is 4.98 Å². The number of aromatic amines is 1. The fourth-order valence-corrected chi connectivity index (χ4v) is 4.92. The SMILES string of the molecule is CCN(CC)CCCS(=O)(=O)c1nc(Nc2c(-c3ccnc(OC)c3)cc(F)cc2C(C)C)n[nH]1. The Hall–Kier alpha value is -3.05. The van der Waals surface area contributed by atoms with E-state index in [4.69, 9.17) is 4.74 Å². The van der Waals surface area contributed by atoms with Crippen LogP contribution in [0.15, 0.2) is 35.6 Å². The molecule has 0 aliphatic carbocycles. The molecule has 0 saturated heterocycles. The maximum absolute atomic E-state index is 14.6. The van der Waals surface area contributed by atoms with Crippen LogP contribution in [0.25, 0.3) is 11.1 Å². The van der Waals surface area contributed by atoms with Crippen LogP contribution in [-0.4, -0.2) is 66.0 Å². The van der Waals surface area contributed by atoms with Crippen LogP contribution in [0.1, 0.15) is 45.6 Å². The first-order valence-corrected chi connectivity index (χ1v) is 13.3. The highest BCUT2D eigenvalue weighted by Crippen LogP contribution is 2.38. The quantitative estimate of drug-likeness (QED) is 0.373. The second-order valence-corrected chi connectivity index (χ2v) is 10.5. The number of nitrogens with one attached hydrogen (secondary N) is 2. The van der Waals surface area contributed by atoms with Gasteiger partial charge in [0.25, 0.3) is 0 Å². The molecule has 0 spiro atoms. The lowest BCUT2D eigenvalue weighted by Gasteiger charge is -2.18. The molecule has 1 aromatic carbocycles. The van der Waals surface area contributed by atoms with E-state index >= 15 is 0 Å². The van der Waals surface area contributed by atoms with Crippen molar-refractivity contribution in [2.45, 2.75) is 45.2 Å². The number of nitrogens with zero attached hydrogens (tertiary/aromatic N) is 4. The molecule has 35 heavy (non-hydrogen) atoms. The Morgan fingerprint density at radius 3 is 2.60 bits per heavy atom. The minimum absolute atomic E-state index is 0.0297. The molecular formula is C24H33FN6O3S. The number of anilines is 2. The van der Waals surface area contributed by atoms with Gasteiger partial charge in [-0.3, -0.25) is 0 Å². The third kappa shape index (κ3) is 6.55. The van der Waals surface area contributed by atoms with E-state index in [-0.39, 0.29) is 22.8 Å².